The fourth-order valence-corrected chi connectivity index (χ4v) is 5.87. The molecule has 6 fully saturated rings. The van der Waals surface area contributed by atoms with E-state index in [0.29, 0.717) is 50.8 Å². The minimum atomic E-state index is -0.378. The van der Waals surface area contributed by atoms with E-state index in [2.05, 4.69) is 36.4 Å². The van der Waals surface area contributed by atoms with E-state index in [9.17, 15) is 0 Å². The maximum atomic E-state index is 6.45. The van der Waals surface area contributed by atoms with Crippen molar-refractivity contribution in [3.8, 4) is 0 Å². The minimum Gasteiger partial charge on any atom is -0.375 e. The average molecular weight is 507 g/mol. The lowest BCUT2D eigenvalue weighted by molar-refractivity contribution is 0.0398. The highest BCUT2D eigenvalue weighted by Gasteiger charge is 2.52. The molecule has 0 N–H and O–H groups in total. The van der Waals surface area contributed by atoms with Gasteiger partial charge in [-0.3, -0.25) is 0 Å². The maximum absolute atomic E-state index is 6.45. The number of rotatable bonds is 14. The van der Waals surface area contributed by atoms with Gasteiger partial charge in [0.2, 0.25) is 0 Å². The van der Waals surface area contributed by atoms with E-state index in [1.54, 1.807) is 0 Å². The van der Waals surface area contributed by atoms with Gasteiger partial charge in [0.1, 0.15) is 11.2 Å². The molecule has 0 bridgehead atoms. The van der Waals surface area contributed by atoms with E-state index < -0.39 is 0 Å². The summed E-state index contributed by atoms with van der Waals surface area (Å²) in [6.45, 7) is 5.83. The zero-order valence-electron chi connectivity index (χ0n) is 21.1. The van der Waals surface area contributed by atoms with Crippen LogP contribution in [0.5, 0.6) is 0 Å². The molecular formula is C30H34O7. The van der Waals surface area contributed by atoms with E-state index in [1.165, 1.54) is 33.4 Å². The van der Waals surface area contributed by atoms with Crippen molar-refractivity contribution in [3.05, 3.63) is 69.8 Å². The SMILES string of the molecule is c1cc(CC2CO2)c(CC2CO2)c(C2(COCC3(c4cccc(CC5CO5)c4CC4CO4)CO3)CO2)c1. The van der Waals surface area contributed by atoms with E-state index in [1.807, 2.05) is 0 Å². The molecule has 0 saturated carbocycles. The second-order valence-electron chi connectivity index (χ2n) is 11.6. The lowest BCUT2D eigenvalue weighted by Crippen LogP contribution is -2.26. The molecule has 6 unspecified atom stereocenters. The van der Waals surface area contributed by atoms with Gasteiger partial charge in [-0.2, -0.15) is 0 Å². The third-order valence-corrected chi connectivity index (χ3v) is 8.55. The summed E-state index contributed by atoms with van der Waals surface area (Å²) < 4.78 is 41.0. The van der Waals surface area contributed by atoms with Crippen LogP contribution >= 0.6 is 0 Å². The van der Waals surface area contributed by atoms with Gasteiger partial charge in [0.05, 0.1) is 77.3 Å². The van der Waals surface area contributed by atoms with E-state index >= 15 is 0 Å². The predicted octanol–water partition coefficient (Wildman–Crippen LogP) is 2.62. The summed E-state index contributed by atoms with van der Waals surface area (Å²) in [7, 11) is 0. The second kappa shape index (κ2) is 8.85. The molecule has 6 heterocycles. The first-order valence-electron chi connectivity index (χ1n) is 13.7. The van der Waals surface area contributed by atoms with Crippen LogP contribution in [0.3, 0.4) is 0 Å². The Morgan fingerprint density at radius 1 is 0.595 bits per heavy atom. The molecule has 6 saturated heterocycles. The Kier molecular flexibility index (Phi) is 5.52. The Labute approximate surface area is 217 Å². The summed E-state index contributed by atoms with van der Waals surface area (Å²) in [4.78, 5) is 0. The molecular weight excluding hydrogens is 472 g/mol. The Morgan fingerprint density at radius 2 is 0.973 bits per heavy atom. The molecule has 0 radical (unpaired) electrons. The van der Waals surface area contributed by atoms with Crippen molar-refractivity contribution in [3.63, 3.8) is 0 Å². The molecule has 6 aliphatic heterocycles. The maximum Gasteiger partial charge on any atom is 0.140 e. The molecule has 0 aromatic heterocycles. The highest BCUT2D eigenvalue weighted by atomic mass is 16.6. The number of ether oxygens (including phenoxy) is 7. The Hall–Kier alpha value is -1.84. The van der Waals surface area contributed by atoms with Crippen molar-refractivity contribution in [2.24, 2.45) is 0 Å². The predicted molar refractivity (Wildman–Crippen MR) is 133 cm³/mol. The largest absolute Gasteiger partial charge is 0.375 e. The standard InChI is InChI=1S/C30H34O7/c1-3-19(7-21-11-32-21)25(9-23-13-34-23)27(5-1)29(17-36-29)15-31-16-30(18-37-30)28-6-2-4-20(8-22-12-33-22)26(28)10-24-14-35-24/h1-6,21-24H,7-18H2. The van der Waals surface area contributed by atoms with Crippen LogP contribution in [0.1, 0.15) is 33.4 Å². The van der Waals surface area contributed by atoms with Crippen molar-refractivity contribution >= 4 is 0 Å². The van der Waals surface area contributed by atoms with Crippen molar-refractivity contribution in [2.45, 2.75) is 61.3 Å². The van der Waals surface area contributed by atoms with Crippen molar-refractivity contribution in [1.29, 1.82) is 0 Å². The van der Waals surface area contributed by atoms with Crippen LogP contribution in [-0.4, -0.2) is 77.3 Å². The quantitative estimate of drug-likeness (QED) is 0.364. The first-order chi connectivity index (χ1) is 18.2. The van der Waals surface area contributed by atoms with E-state index in [0.717, 1.165) is 52.1 Å². The third-order valence-electron chi connectivity index (χ3n) is 8.55. The van der Waals surface area contributed by atoms with Gasteiger partial charge < -0.3 is 33.2 Å². The zero-order valence-corrected chi connectivity index (χ0v) is 21.1. The molecule has 37 heavy (non-hydrogen) atoms. The monoisotopic (exact) mass is 506 g/mol. The minimum absolute atomic E-state index is 0.321. The smallest absolute Gasteiger partial charge is 0.140 e. The van der Waals surface area contributed by atoms with Gasteiger partial charge in [0, 0.05) is 25.7 Å². The second-order valence-corrected chi connectivity index (χ2v) is 11.6. The van der Waals surface area contributed by atoms with Crippen LogP contribution in [0, 0.1) is 0 Å². The van der Waals surface area contributed by atoms with Crippen LogP contribution in [0.25, 0.3) is 0 Å². The van der Waals surface area contributed by atoms with Gasteiger partial charge in [-0.1, -0.05) is 36.4 Å². The molecule has 6 aliphatic rings. The van der Waals surface area contributed by atoms with Crippen LogP contribution in [0.2, 0.25) is 0 Å². The topological polar surface area (TPSA) is 84.4 Å². The lowest BCUT2D eigenvalue weighted by atomic mass is 9.87. The van der Waals surface area contributed by atoms with Crippen LogP contribution in [-0.2, 0) is 70.0 Å². The van der Waals surface area contributed by atoms with Crippen molar-refractivity contribution in [1.82, 2.24) is 0 Å². The fraction of sp³-hybridized carbons (Fsp3) is 0.600. The van der Waals surface area contributed by atoms with Gasteiger partial charge in [-0.15, -0.1) is 0 Å². The van der Waals surface area contributed by atoms with Crippen molar-refractivity contribution < 1.29 is 33.2 Å². The normalized spacial score (nSPS) is 36.3. The third kappa shape index (κ3) is 4.99. The zero-order chi connectivity index (χ0) is 24.5. The Balaban J connectivity index is 1.00. The van der Waals surface area contributed by atoms with Gasteiger partial charge in [0.15, 0.2) is 0 Å². The van der Waals surface area contributed by atoms with Crippen LogP contribution < -0.4 is 0 Å². The molecule has 2 aromatic rings. The number of epoxide rings is 6. The summed E-state index contributed by atoms with van der Waals surface area (Å²) in [5, 5.41) is 0. The van der Waals surface area contributed by atoms with Gasteiger partial charge in [0.25, 0.3) is 0 Å². The van der Waals surface area contributed by atoms with E-state index in [-0.39, 0.29) is 11.2 Å². The van der Waals surface area contributed by atoms with Crippen LogP contribution in [0.15, 0.2) is 36.4 Å². The van der Waals surface area contributed by atoms with E-state index in [4.69, 9.17) is 33.2 Å². The summed E-state index contributed by atoms with van der Waals surface area (Å²) in [6, 6.07) is 13.2. The van der Waals surface area contributed by atoms with Gasteiger partial charge >= 0.3 is 0 Å². The molecule has 7 heteroatoms. The lowest BCUT2D eigenvalue weighted by Gasteiger charge is -2.22. The Bertz CT molecular complexity index is 1080. The molecule has 6 atom stereocenters. The molecule has 8 rings (SSSR count). The highest BCUT2D eigenvalue weighted by molar-refractivity contribution is 5.44. The Morgan fingerprint density at radius 3 is 1.32 bits per heavy atom. The van der Waals surface area contributed by atoms with Gasteiger partial charge in [-0.05, 0) is 33.4 Å². The summed E-state index contributed by atoms with van der Waals surface area (Å²) >= 11 is 0. The molecule has 196 valence electrons. The van der Waals surface area contributed by atoms with Crippen molar-refractivity contribution in [2.75, 3.05) is 52.9 Å². The first kappa shape index (κ1) is 23.1. The summed E-state index contributed by atoms with van der Waals surface area (Å²) in [6.07, 6.45) is 5.13. The molecule has 0 aliphatic carbocycles. The highest BCUT2D eigenvalue weighted by Crippen LogP contribution is 2.46. The average Bonchev–Trinajstić information content (AvgIpc) is 3.69. The number of hydrogen-bond acceptors (Lipinski definition) is 7. The number of benzene rings is 2. The van der Waals surface area contributed by atoms with Crippen LogP contribution in [0.4, 0.5) is 0 Å². The fourth-order valence-electron chi connectivity index (χ4n) is 5.87. The molecule has 0 spiro atoms. The molecule has 2 aromatic carbocycles. The van der Waals surface area contributed by atoms with Gasteiger partial charge in [-0.25, -0.2) is 0 Å². The summed E-state index contributed by atoms with van der Waals surface area (Å²) in [5.41, 5.74) is 7.19. The first-order valence-corrected chi connectivity index (χ1v) is 13.7. The molecule has 0 amide bonds. The summed E-state index contributed by atoms with van der Waals surface area (Å²) in [5.74, 6) is 0. The molecule has 7 nitrogen and oxygen atoms in total. The number of hydrogen-bond donors (Lipinski definition) is 0.